The van der Waals surface area contributed by atoms with Crippen LogP contribution in [-0.2, 0) is 17.8 Å². The zero-order valence-electron chi connectivity index (χ0n) is 57.7. The number of alkyl halides is 1. The van der Waals surface area contributed by atoms with Gasteiger partial charge in [-0.25, -0.2) is 31.0 Å². The van der Waals surface area contributed by atoms with Gasteiger partial charge in [-0.05, 0) is 167 Å². The Labute approximate surface area is 621 Å². The van der Waals surface area contributed by atoms with Crippen molar-refractivity contribution in [2.45, 2.75) is 45.1 Å². The summed E-state index contributed by atoms with van der Waals surface area (Å²) in [6.07, 6.45) is 15.7. The smallest absolute Gasteiger partial charge is 0.855 e. The molecule has 7 heterocycles. The Balaban J connectivity index is 0.000000266. The van der Waals surface area contributed by atoms with E-state index in [0.717, 1.165) is 88.9 Å². The van der Waals surface area contributed by atoms with Gasteiger partial charge in [0.25, 0.3) is 16.7 Å². The summed E-state index contributed by atoms with van der Waals surface area (Å²) in [5.41, 5.74) is 14.9. The van der Waals surface area contributed by atoms with Gasteiger partial charge in [0.05, 0.1) is 31.0 Å². The van der Waals surface area contributed by atoms with Gasteiger partial charge in [0.15, 0.2) is 22.3 Å². The van der Waals surface area contributed by atoms with Crippen molar-refractivity contribution in [1.82, 2.24) is 64.0 Å². The van der Waals surface area contributed by atoms with Crippen molar-refractivity contribution in [2.75, 3.05) is 53.8 Å². The number of H-pyrrole nitrogens is 2. The van der Waals surface area contributed by atoms with Gasteiger partial charge in [-0.15, -0.1) is 38.6 Å². The normalized spacial score (nSPS) is 11.1. The molecule has 31 heteroatoms. The number of aromatic hydroxyl groups is 1. The molecule has 13 rings (SSSR count). The van der Waals surface area contributed by atoms with E-state index in [-0.39, 0.29) is 98.7 Å². The first-order valence-corrected chi connectivity index (χ1v) is 31.9. The summed E-state index contributed by atoms with van der Waals surface area (Å²) in [7, 11) is 8.10. The van der Waals surface area contributed by atoms with E-state index >= 15 is 0 Å². The number of aromatic nitrogens is 11. The molecule has 0 spiro atoms. The Bertz CT molecular complexity index is 4970. The quantitative estimate of drug-likeness (QED) is 0.0182. The molecule has 104 heavy (non-hydrogen) atoms. The molecular formula is C73H75ClF5N18NaO6. The third-order valence-corrected chi connectivity index (χ3v) is 14.4. The number of nitrogens with one attached hydrogen (secondary N) is 2. The molecule has 0 fully saturated rings. The molecule has 536 valence electrons. The van der Waals surface area contributed by atoms with E-state index in [1.807, 2.05) is 52.5 Å². The van der Waals surface area contributed by atoms with Gasteiger partial charge in [-0.1, -0.05) is 79.7 Å². The second-order valence-electron chi connectivity index (χ2n) is 22.1. The fraction of sp³-hybridized carbons (Fsp3) is 0.205. The minimum atomic E-state index is -0.786. The Morgan fingerprint density at radius 2 is 1.12 bits per heavy atom. The van der Waals surface area contributed by atoms with Crippen LogP contribution in [0.1, 0.15) is 48.8 Å². The van der Waals surface area contributed by atoms with Crippen LogP contribution in [0.5, 0.6) is 5.75 Å². The Morgan fingerprint density at radius 1 is 0.654 bits per heavy atom. The van der Waals surface area contributed by atoms with Gasteiger partial charge < -0.3 is 45.1 Å². The Hall–Kier alpha value is -11.0. The number of hydrogen-bond acceptors (Lipinski definition) is 19. The van der Waals surface area contributed by atoms with Crippen LogP contribution in [0.4, 0.5) is 22.0 Å². The van der Waals surface area contributed by atoms with Crippen molar-refractivity contribution in [2.24, 2.45) is 17.4 Å². The summed E-state index contributed by atoms with van der Waals surface area (Å²) in [6.45, 7) is 4.19. The van der Waals surface area contributed by atoms with Gasteiger partial charge in [0.2, 0.25) is 0 Å². The number of nitrogens with zero attached hydrogens (tertiary/aromatic N) is 13. The first-order chi connectivity index (χ1) is 49.6. The molecule has 24 nitrogen and oxygen atoms in total. The number of aldehydes is 1. The van der Waals surface area contributed by atoms with Crippen LogP contribution in [0.3, 0.4) is 0 Å². The summed E-state index contributed by atoms with van der Waals surface area (Å²) >= 11 is 5.42. The van der Waals surface area contributed by atoms with Crippen molar-refractivity contribution in [3.8, 4) is 40.1 Å². The minimum absolute atomic E-state index is 0. The van der Waals surface area contributed by atoms with E-state index < -0.39 is 5.92 Å². The molecule has 9 N–H and O–H groups in total. The van der Waals surface area contributed by atoms with Crippen LogP contribution in [0.15, 0.2) is 209 Å². The first-order valence-electron chi connectivity index (χ1n) is 31.4. The third-order valence-electron chi connectivity index (χ3n) is 14.1. The minimum Gasteiger partial charge on any atom is -0.855 e. The molecular weight excluding hydrogens is 1380 g/mol. The average Bonchev–Trinajstić information content (AvgIpc) is 1.55. The number of carbonyl (C=O) groups excluding carboxylic acids is 1. The topological polar surface area (TPSA) is 366 Å². The fourth-order valence-corrected chi connectivity index (χ4v) is 9.29. The number of rotatable bonds is 13. The van der Waals surface area contributed by atoms with E-state index in [2.05, 4.69) is 62.0 Å². The van der Waals surface area contributed by atoms with Crippen LogP contribution in [-0.4, -0.2) is 129 Å². The maximum atomic E-state index is 13.2. The molecule has 1 aliphatic carbocycles. The molecule has 1 atom stereocenters. The van der Waals surface area contributed by atoms with Crippen LogP contribution < -0.4 is 68.8 Å². The van der Waals surface area contributed by atoms with Gasteiger partial charge in [0, 0.05) is 59.5 Å². The summed E-state index contributed by atoms with van der Waals surface area (Å²) in [6, 6.07) is 39.6. The van der Waals surface area contributed by atoms with Crippen molar-refractivity contribution in [3.63, 3.8) is 0 Å². The predicted octanol–water partition coefficient (Wildman–Crippen LogP) is 6.39. The van der Waals surface area contributed by atoms with Gasteiger partial charge in [0.1, 0.15) is 58.1 Å². The molecule has 0 amide bonds. The Kier molecular flexibility index (Phi) is 37.1. The third kappa shape index (κ3) is 26.5. The van der Waals surface area contributed by atoms with Gasteiger partial charge in [-0.2, -0.15) is 20.7 Å². The van der Waals surface area contributed by atoms with E-state index in [4.69, 9.17) is 38.1 Å². The monoisotopic (exact) mass is 1450 g/mol. The number of hydrazine groups is 1. The molecule has 12 aromatic rings. The van der Waals surface area contributed by atoms with E-state index in [1.165, 1.54) is 91.3 Å². The maximum Gasteiger partial charge on any atom is 1.00 e. The molecule has 0 aliphatic heterocycles. The summed E-state index contributed by atoms with van der Waals surface area (Å²) in [5, 5.41) is 59.3. The number of nitriles is 2. The SMILES string of the molecule is CC[O-].CN(C)CCCCl.CN(C)CCCn1ccc2c(nnc3c(-c4ccc(F)cc4)cnn32)c1=O.N#CC(C=O)c1ccc(F)cc1.N#CCc1ccc(F)cc1.NC1=CCC=C1c1ccc(F)cc1.NN.O=c1[nH]ccc2c1nnc1c(-c3ccc(F)cc3)cnn12.O=c1cc(O)cc[nH]1.[Na+]. The average molecular weight is 1450 g/mol. The van der Waals surface area contributed by atoms with E-state index in [9.17, 15) is 41.1 Å². The molecule has 0 bridgehead atoms. The van der Waals surface area contributed by atoms with Crippen molar-refractivity contribution >= 4 is 56.8 Å². The number of pyridine rings is 3. The fourth-order valence-electron chi connectivity index (χ4n) is 9.17. The van der Waals surface area contributed by atoms with Crippen LogP contribution in [0.2, 0.25) is 0 Å². The number of nitrogens with two attached hydrogens (primary N) is 3. The molecule has 0 saturated carbocycles. The van der Waals surface area contributed by atoms with Crippen molar-refractivity contribution in [3.05, 3.63) is 271 Å². The van der Waals surface area contributed by atoms with Gasteiger partial charge in [-0.3, -0.25) is 26.1 Å². The summed E-state index contributed by atoms with van der Waals surface area (Å²) in [4.78, 5) is 54.1. The number of halogens is 6. The van der Waals surface area contributed by atoms with Crippen molar-refractivity contribution < 1.29 is 66.5 Å². The maximum absolute atomic E-state index is 13.2. The number of allylic oxidation sites excluding steroid dienone is 3. The van der Waals surface area contributed by atoms with Gasteiger partial charge >= 0.3 is 29.6 Å². The zero-order valence-corrected chi connectivity index (χ0v) is 60.5. The number of carbonyl (C=O) groups is 1. The number of fused-ring (bicyclic) bond motifs is 6. The molecule has 0 saturated heterocycles. The zero-order chi connectivity index (χ0) is 75.4. The molecule has 1 unspecified atom stereocenters. The van der Waals surface area contributed by atoms with Crippen molar-refractivity contribution in [1.29, 1.82) is 10.5 Å². The summed E-state index contributed by atoms with van der Waals surface area (Å²) in [5.74, 6) is 6.52. The second-order valence-corrected chi connectivity index (χ2v) is 22.4. The standard InChI is InChI=1S/C19H19FN6O.C14H8FN5O.C11H10FN.C9H6FNO.C8H6FN.C5H12ClN.C5H5NO2.C2H5O.H4N2.Na/c1-24(2)9-3-10-25-11-8-16-17(19(25)27)22-23-18-15(12-21-26(16)18)13-4-6-14(20)7-5-13;15-9-3-1-8(2-4-9)10-7-17-20-11-5-6-16-14(21)12(11)18-19-13(10)20;12-9-6-4-8(5-7-9)10-2-1-3-11(10)13;10-9-3-1-7(2-4-9)8(5-11)6-12;9-8-3-1-7(2-4-8)5-6-10;1-7(2)5-3-4-6;7-4-1-2-6-5(8)3-4;1-2-3;1-2;/h4-8,11-12H,3,9-10H2,1-2H3;1-7H,(H,16,21);2-7H,1,13H2;1-4,6,8H;1-4H,5H2;3-5H2,1-2H3;1-3H,(H2,6,7,8);2H2,1H3;1-2H2;/q;;;;;;;-1;;+1. The largest absolute Gasteiger partial charge is 1.00 e. The predicted molar refractivity (Wildman–Crippen MR) is 385 cm³/mol. The second kappa shape index (κ2) is 45.1. The van der Waals surface area contributed by atoms with Crippen LogP contribution in [0.25, 0.3) is 61.2 Å². The van der Waals surface area contributed by atoms with Crippen LogP contribution in [0, 0.1) is 51.7 Å². The number of hydrogen-bond donors (Lipinski definition) is 6. The number of aromatic amines is 2. The molecule has 1 aliphatic rings. The number of benzene rings is 5. The summed E-state index contributed by atoms with van der Waals surface area (Å²) < 4.78 is 68.2. The van der Waals surface area contributed by atoms with E-state index in [0.29, 0.717) is 47.1 Å². The van der Waals surface area contributed by atoms with Crippen LogP contribution >= 0.6 is 11.6 Å². The Morgan fingerprint density at radius 3 is 1.54 bits per heavy atom. The molecule has 0 radical (unpaired) electrons. The molecule has 7 aromatic heterocycles. The molecule has 5 aromatic carbocycles. The number of aryl methyl sites for hydroxylation is 1. The van der Waals surface area contributed by atoms with E-state index in [1.54, 1.807) is 99.8 Å². The first kappa shape index (κ1) is 85.5.